The molecule has 30 heavy (non-hydrogen) atoms. The van der Waals surface area contributed by atoms with Crippen LogP contribution in [-0.4, -0.2) is 31.5 Å². The third kappa shape index (κ3) is 4.02. The fraction of sp³-hybridized carbons (Fsp3) is 0.333. The van der Waals surface area contributed by atoms with E-state index < -0.39 is 41.5 Å². The van der Waals surface area contributed by atoms with Gasteiger partial charge in [-0.2, -0.15) is 18.2 Å². The molecule has 0 saturated carbocycles. The van der Waals surface area contributed by atoms with Gasteiger partial charge < -0.3 is 14.8 Å². The third-order valence-electron chi connectivity index (χ3n) is 5.14. The van der Waals surface area contributed by atoms with E-state index in [0.29, 0.717) is 0 Å². The van der Waals surface area contributed by atoms with Crippen molar-refractivity contribution in [3.05, 3.63) is 70.5 Å². The molecule has 1 atom stereocenters. The number of aromatic nitrogens is 2. The van der Waals surface area contributed by atoms with Gasteiger partial charge in [-0.15, -0.1) is 0 Å². The van der Waals surface area contributed by atoms with Crippen molar-refractivity contribution in [1.82, 2.24) is 9.55 Å². The number of rotatable bonds is 5. The Kier molecular flexibility index (Phi) is 5.36. The first-order chi connectivity index (χ1) is 13.8. The average molecular weight is 424 g/mol. The molecule has 0 aliphatic rings. The number of para-hydroxylation sites is 1. The van der Waals surface area contributed by atoms with Crippen molar-refractivity contribution in [2.45, 2.75) is 44.0 Å². The molecule has 0 unspecified atom stereocenters. The molecule has 2 aromatic carbocycles. The monoisotopic (exact) mass is 424 g/mol. The summed E-state index contributed by atoms with van der Waals surface area (Å²) in [5.41, 5.74) is -5.17. The fourth-order valence-electron chi connectivity index (χ4n) is 3.69. The van der Waals surface area contributed by atoms with Gasteiger partial charge in [-0.25, -0.2) is 4.39 Å². The minimum atomic E-state index is -5.06. The van der Waals surface area contributed by atoms with Crippen molar-refractivity contribution in [3.63, 3.8) is 0 Å². The molecule has 3 aromatic rings. The highest BCUT2D eigenvalue weighted by Gasteiger charge is 2.56. The number of aromatic hydroxyl groups is 1. The molecule has 5 nitrogen and oxygen atoms in total. The normalized spacial score (nSPS) is 14.6. The van der Waals surface area contributed by atoms with Crippen LogP contribution in [0.15, 0.2) is 53.6 Å². The number of phenols is 1. The molecule has 0 amide bonds. The summed E-state index contributed by atoms with van der Waals surface area (Å²) in [5, 5.41) is 20.9. The first-order valence-corrected chi connectivity index (χ1v) is 9.06. The van der Waals surface area contributed by atoms with E-state index in [1.807, 2.05) is 0 Å². The number of benzene rings is 2. The quantitative estimate of drug-likeness (QED) is 0.609. The van der Waals surface area contributed by atoms with E-state index in [1.165, 1.54) is 26.0 Å². The molecule has 0 saturated heterocycles. The summed E-state index contributed by atoms with van der Waals surface area (Å²) in [6.07, 6.45) is -4.98. The lowest BCUT2D eigenvalue weighted by molar-refractivity contribution is -0.271. The number of fused-ring (bicyclic) bond motifs is 1. The number of hydrogen-bond acceptors (Lipinski definition) is 4. The first-order valence-electron chi connectivity index (χ1n) is 9.06. The van der Waals surface area contributed by atoms with Gasteiger partial charge in [0.2, 0.25) is 0 Å². The Morgan fingerprint density at radius 2 is 1.77 bits per heavy atom. The van der Waals surface area contributed by atoms with Crippen molar-refractivity contribution in [3.8, 4) is 5.75 Å². The molecule has 1 aromatic heterocycles. The topological polar surface area (TPSA) is 75.3 Å². The molecular weight excluding hydrogens is 404 g/mol. The molecule has 0 spiro atoms. The van der Waals surface area contributed by atoms with E-state index >= 15 is 0 Å². The highest BCUT2D eigenvalue weighted by molar-refractivity contribution is 5.77. The summed E-state index contributed by atoms with van der Waals surface area (Å²) in [5.74, 6) is -1.09. The highest BCUT2D eigenvalue weighted by atomic mass is 19.4. The highest BCUT2D eigenvalue weighted by Crippen LogP contribution is 2.44. The minimum absolute atomic E-state index is 0.0620. The van der Waals surface area contributed by atoms with E-state index in [9.17, 15) is 32.6 Å². The summed E-state index contributed by atoms with van der Waals surface area (Å²) in [4.78, 5) is 15.5. The lowest BCUT2D eigenvalue weighted by Crippen LogP contribution is -2.52. The van der Waals surface area contributed by atoms with Crippen molar-refractivity contribution < 1.29 is 27.8 Å². The van der Waals surface area contributed by atoms with E-state index in [-0.39, 0.29) is 22.2 Å². The predicted octanol–water partition coefficient (Wildman–Crippen LogP) is 3.90. The molecule has 0 fully saturated rings. The van der Waals surface area contributed by atoms with Gasteiger partial charge in [-0.3, -0.25) is 4.79 Å². The summed E-state index contributed by atoms with van der Waals surface area (Å²) in [6.45, 7) is 1.81. The van der Waals surface area contributed by atoms with Gasteiger partial charge in [0, 0.05) is 5.56 Å². The van der Waals surface area contributed by atoms with Crippen LogP contribution in [0.1, 0.15) is 25.8 Å². The van der Waals surface area contributed by atoms with E-state index in [1.54, 1.807) is 12.1 Å². The van der Waals surface area contributed by atoms with Crippen molar-refractivity contribution in [2.24, 2.45) is 0 Å². The van der Waals surface area contributed by atoms with Crippen molar-refractivity contribution in [2.75, 3.05) is 0 Å². The van der Waals surface area contributed by atoms with Gasteiger partial charge in [0.25, 0.3) is 5.56 Å². The van der Waals surface area contributed by atoms with Gasteiger partial charge in [0.05, 0.1) is 23.8 Å². The summed E-state index contributed by atoms with van der Waals surface area (Å²) >= 11 is 0. The zero-order valence-electron chi connectivity index (χ0n) is 16.2. The van der Waals surface area contributed by atoms with Gasteiger partial charge in [-0.05, 0) is 42.2 Å². The van der Waals surface area contributed by atoms with Gasteiger partial charge in [0.15, 0.2) is 5.60 Å². The number of halogens is 4. The zero-order chi connectivity index (χ0) is 22.3. The summed E-state index contributed by atoms with van der Waals surface area (Å²) in [6, 6.07) is 8.99. The Morgan fingerprint density at radius 3 is 2.43 bits per heavy atom. The molecule has 3 rings (SSSR count). The zero-order valence-corrected chi connectivity index (χ0v) is 16.2. The second kappa shape index (κ2) is 7.39. The number of aliphatic hydroxyl groups is 1. The number of alkyl halides is 3. The van der Waals surface area contributed by atoms with Crippen LogP contribution in [0.4, 0.5) is 17.6 Å². The molecule has 9 heteroatoms. The van der Waals surface area contributed by atoms with Crippen LogP contribution in [0.2, 0.25) is 0 Å². The maximum atomic E-state index is 14.0. The maximum Gasteiger partial charge on any atom is 0.418 e. The van der Waals surface area contributed by atoms with E-state index in [2.05, 4.69) is 4.98 Å². The molecule has 160 valence electrons. The maximum absolute atomic E-state index is 14.0. The van der Waals surface area contributed by atoms with Crippen LogP contribution in [0.25, 0.3) is 10.9 Å². The second-order valence-corrected chi connectivity index (χ2v) is 7.95. The number of nitrogens with zero attached hydrogens (tertiary/aromatic N) is 2. The lowest BCUT2D eigenvalue weighted by atomic mass is 9.74. The molecule has 0 aliphatic carbocycles. The third-order valence-corrected chi connectivity index (χ3v) is 5.14. The van der Waals surface area contributed by atoms with Gasteiger partial charge >= 0.3 is 6.18 Å². The Balaban J connectivity index is 2.07. The molecule has 1 heterocycles. The molecule has 0 aliphatic heterocycles. The standard InChI is InChI=1S/C21H20F4N2O3/c1-19(2,15-9-13(22)7-8-17(15)28)10-20(30,21(23,24)25)11-27-12-26-18(29)14-5-3-4-6-16(14)27/h3-9,12,28,30H,10-11H2,1-2H3/t20-/m1/s1. The largest absolute Gasteiger partial charge is 0.508 e. The van der Waals surface area contributed by atoms with Gasteiger partial charge in [0.1, 0.15) is 11.6 Å². The summed E-state index contributed by atoms with van der Waals surface area (Å²) < 4.78 is 56.8. The predicted molar refractivity (Wildman–Crippen MR) is 103 cm³/mol. The Hall–Kier alpha value is -2.94. The Labute approximate surface area is 169 Å². The fourth-order valence-corrected chi connectivity index (χ4v) is 3.69. The summed E-state index contributed by atoms with van der Waals surface area (Å²) in [7, 11) is 0. The molecule has 2 N–H and O–H groups in total. The molecule has 0 bridgehead atoms. The number of phenolic OH excluding ortho intramolecular Hbond substituents is 1. The van der Waals surface area contributed by atoms with Gasteiger partial charge in [-0.1, -0.05) is 26.0 Å². The Bertz CT molecular complexity index is 1140. The molecular formula is C21H20F4N2O3. The van der Waals surface area contributed by atoms with Crippen LogP contribution >= 0.6 is 0 Å². The van der Waals surface area contributed by atoms with Crippen LogP contribution in [0, 0.1) is 5.82 Å². The lowest BCUT2D eigenvalue weighted by Gasteiger charge is -2.38. The molecule has 0 radical (unpaired) electrons. The number of hydrogen-bond donors (Lipinski definition) is 2. The SMILES string of the molecule is CC(C)(C[C@@](O)(Cn1cnc(=O)c2ccccc21)C(F)(F)F)c1cc(F)ccc1O. The first kappa shape index (κ1) is 21.8. The average Bonchev–Trinajstić information content (AvgIpc) is 2.65. The van der Waals surface area contributed by atoms with Crippen molar-refractivity contribution >= 4 is 10.9 Å². The van der Waals surface area contributed by atoms with Crippen LogP contribution in [-0.2, 0) is 12.0 Å². The Morgan fingerprint density at radius 1 is 1.10 bits per heavy atom. The van der Waals surface area contributed by atoms with Crippen LogP contribution in [0.3, 0.4) is 0 Å². The smallest absolute Gasteiger partial charge is 0.418 e. The van der Waals surface area contributed by atoms with Crippen LogP contribution < -0.4 is 5.56 Å². The second-order valence-electron chi connectivity index (χ2n) is 7.95. The van der Waals surface area contributed by atoms with Crippen molar-refractivity contribution in [1.29, 1.82) is 0 Å². The van der Waals surface area contributed by atoms with E-state index in [4.69, 9.17) is 0 Å². The van der Waals surface area contributed by atoms with E-state index in [0.717, 1.165) is 29.1 Å². The minimum Gasteiger partial charge on any atom is -0.508 e. The van der Waals surface area contributed by atoms with Crippen LogP contribution in [0.5, 0.6) is 5.75 Å².